The number of hydrogen-bond donors (Lipinski definition) is 3. The highest BCUT2D eigenvalue weighted by atomic mass is 35.5. The molecule has 0 spiro atoms. The third-order valence-electron chi connectivity index (χ3n) is 4.17. The van der Waals surface area contributed by atoms with Gasteiger partial charge in [-0.15, -0.1) is 24.8 Å². The molecule has 1 fully saturated rings. The lowest BCUT2D eigenvalue weighted by Gasteiger charge is -2.12. The van der Waals surface area contributed by atoms with Crippen LogP contribution in [0.5, 0.6) is 0 Å². The number of nitrogens with two attached hydrogens (primary N) is 1. The zero-order valence-corrected chi connectivity index (χ0v) is 15.7. The van der Waals surface area contributed by atoms with Crippen LogP contribution in [0.1, 0.15) is 29.6 Å². The molecule has 2 atom stereocenters. The van der Waals surface area contributed by atoms with Gasteiger partial charge in [-0.1, -0.05) is 6.07 Å². The molecule has 1 aliphatic rings. The van der Waals surface area contributed by atoms with Crippen LogP contribution in [-0.4, -0.2) is 22.8 Å². The van der Waals surface area contributed by atoms with Crippen LogP contribution in [0.3, 0.4) is 0 Å². The Kier molecular flexibility index (Phi) is 8.51. The third kappa shape index (κ3) is 5.69. The number of amides is 2. The fourth-order valence-electron chi connectivity index (χ4n) is 2.88. The normalized spacial score (nSPS) is 18.2. The molecule has 0 aliphatic heterocycles. The van der Waals surface area contributed by atoms with Gasteiger partial charge >= 0.3 is 0 Å². The van der Waals surface area contributed by atoms with E-state index >= 15 is 0 Å². The SMILES string of the molecule is Cl.Cl.NC1CCC(C(=O)Nc2cccc(NC(=O)c3ccncc3)c2)C1. The Bertz CT molecular complexity index is 743. The highest BCUT2D eigenvalue weighted by molar-refractivity contribution is 6.04. The Labute approximate surface area is 164 Å². The number of nitrogens with zero attached hydrogens (tertiary/aromatic N) is 1. The summed E-state index contributed by atoms with van der Waals surface area (Å²) < 4.78 is 0. The van der Waals surface area contributed by atoms with Crippen LogP contribution in [-0.2, 0) is 4.79 Å². The monoisotopic (exact) mass is 396 g/mol. The first-order valence-electron chi connectivity index (χ1n) is 8.00. The van der Waals surface area contributed by atoms with Gasteiger partial charge in [-0.05, 0) is 49.6 Å². The predicted octanol–water partition coefficient (Wildman–Crippen LogP) is 3.24. The van der Waals surface area contributed by atoms with Crippen molar-refractivity contribution in [2.24, 2.45) is 11.7 Å². The number of halogens is 2. The van der Waals surface area contributed by atoms with Gasteiger partial charge in [-0.3, -0.25) is 14.6 Å². The third-order valence-corrected chi connectivity index (χ3v) is 4.17. The molecule has 3 rings (SSSR count). The minimum Gasteiger partial charge on any atom is -0.328 e. The average molecular weight is 397 g/mol. The minimum absolute atomic E-state index is 0. The second kappa shape index (κ2) is 10.1. The second-order valence-corrected chi connectivity index (χ2v) is 6.03. The molecule has 26 heavy (non-hydrogen) atoms. The van der Waals surface area contributed by atoms with Crippen molar-refractivity contribution in [3.63, 3.8) is 0 Å². The highest BCUT2D eigenvalue weighted by Crippen LogP contribution is 2.26. The maximum atomic E-state index is 12.3. The van der Waals surface area contributed by atoms with Crippen molar-refractivity contribution in [2.75, 3.05) is 10.6 Å². The van der Waals surface area contributed by atoms with E-state index in [0.717, 1.165) is 19.3 Å². The molecule has 1 aromatic heterocycles. The van der Waals surface area contributed by atoms with Gasteiger partial charge in [-0.2, -0.15) is 0 Å². The molecule has 1 aromatic carbocycles. The topological polar surface area (TPSA) is 97.1 Å². The summed E-state index contributed by atoms with van der Waals surface area (Å²) >= 11 is 0. The van der Waals surface area contributed by atoms with Crippen LogP contribution in [0.25, 0.3) is 0 Å². The Morgan fingerprint density at radius 1 is 1.00 bits per heavy atom. The molecular weight excluding hydrogens is 375 g/mol. The molecule has 8 heteroatoms. The highest BCUT2D eigenvalue weighted by Gasteiger charge is 2.27. The van der Waals surface area contributed by atoms with Crippen molar-refractivity contribution in [3.8, 4) is 0 Å². The fraction of sp³-hybridized carbons (Fsp3) is 0.278. The number of pyridine rings is 1. The van der Waals surface area contributed by atoms with E-state index in [4.69, 9.17) is 5.73 Å². The molecule has 1 saturated carbocycles. The second-order valence-electron chi connectivity index (χ2n) is 6.03. The Morgan fingerprint density at radius 2 is 1.65 bits per heavy atom. The standard InChI is InChI=1S/C18H20N4O2.2ClH/c19-14-5-4-13(10-14)18(24)22-16-3-1-2-15(11-16)21-17(23)12-6-8-20-9-7-12;;/h1-3,6-9,11,13-14H,4-5,10,19H2,(H,21,23)(H,22,24);2*1H. The molecule has 2 amide bonds. The van der Waals surface area contributed by atoms with Crippen molar-refractivity contribution in [1.82, 2.24) is 4.98 Å². The van der Waals surface area contributed by atoms with Gasteiger partial charge < -0.3 is 16.4 Å². The number of carbonyl (C=O) groups excluding carboxylic acids is 2. The zero-order chi connectivity index (χ0) is 16.9. The molecule has 0 radical (unpaired) electrons. The summed E-state index contributed by atoms with van der Waals surface area (Å²) in [5.41, 5.74) is 7.67. The van der Waals surface area contributed by atoms with Crippen molar-refractivity contribution < 1.29 is 9.59 Å². The van der Waals surface area contributed by atoms with Crippen molar-refractivity contribution in [1.29, 1.82) is 0 Å². The van der Waals surface area contributed by atoms with Crippen LogP contribution < -0.4 is 16.4 Å². The summed E-state index contributed by atoms with van der Waals surface area (Å²) in [6, 6.07) is 10.5. The van der Waals surface area contributed by atoms with Gasteiger partial charge in [-0.25, -0.2) is 0 Å². The Morgan fingerprint density at radius 3 is 2.27 bits per heavy atom. The number of aromatic nitrogens is 1. The van der Waals surface area contributed by atoms with E-state index in [-0.39, 0.29) is 48.6 Å². The Hall–Kier alpha value is -2.15. The number of hydrogen-bond acceptors (Lipinski definition) is 4. The van der Waals surface area contributed by atoms with Gasteiger partial charge in [0.15, 0.2) is 0 Å². The quantitative estimate of drug-likeness (QED) is 0.738. The number of anilines is 2. The summed E-state index contributed by atoms with van der Waals surface area (Å²) in [6.45, 7) is 0. The lowest BCUT2D eigenvalue weighted by atomic mass is 10.1. The fourth-order valence-corrected chi connectivity index (χ4v) is 2.88. The first kappa shape index (κ1) is 21.9. The summed E-state index contributed by atoms with van der Waals surface area (Å²) in [6.07, 6.45) is 5.58. The summed E-state index contributed by atoms with van der Waals surface area (Å²) in [7, 11) is 0. The summed E-state index contributed by atoms with van der Waals surface area (Å²) in [5.74, 6) is -0.265. The molecule has 6 nitrogen and oxygen atoms in total. The molecule has 4 N–H and O–H groups in total. The van der Waals surface area contributed by atoms with Crippen LogP contribution >= 0.6 is 24.8 Å². The Balaban J connectivity index is 0.00000169. The summed E-state index contributed by atoms with van der Waals surface area (Å²) in [4.78, 5) is 28.3. The van der Waals surface area contributed by atoms with Gasteiger partial charge in [0.25, 0.3) is 5.91 Å². The minimum atomic E-state index is -0.220. The van der Waals surface area contributed by atoms with E-state index in [2.05, 4.69) is 15.6 Å². The first-order valence-corrected chi connectivity index (χ1v) is 8.00. The van der Waals surface area contributed by atoms with E-state index in [1.54, 1.807) is 48.8 Å². The maximum absolute atomic E-state index is 12.3. The largest absolute Gasteiger partial charge is 0.328 e. The zero-order valence-electron chi connectivity index (χ0n) is 14.1. The molecule has 0 saturated heterocycles. The number of rotatable bonds is 4. The van der Waals surface area contributed by atoms with Crippen molar-refractivity contribution >= 4 is 48.0 Å². The number of nitrogens with one attached hydrogen (secondary N) is 2. The molecule has 2 unspecified atom stereocenters. The van der Waals surface area contributed by atoms with Crippen LogP contribution in [0.15, 0.2) is 48.8 Å². The van der Waals surface area contributed by atoms with Crippen molar-refractivity contribution in [3.05, 3.63) is 54.4 Å². The lowest BCUT2D eigenvalue weighted by molar-refractivity contribution is -0.119. The lowest BCUT2D eigenvalue weighted by Crippen LogP contribution is -2.23. The molecular formula is C18H22Cl2N4O2. The van der Waals surface area contributed by atoms with E-state index in [1.807, 2.05) is 0 Å². The first-order chi connectivity index (χ1) is 11.6. The smallest absolute Gasteiger partial charge is 0.255 e. The molecule has 140 valence electrons. The number of carbonyl (C=O) groups is 2. The maximum Gasteiger partial charge on any atom is 0.255 e. The van der Waals surface area contributed by atoms with E-state index in [0.29, 0.717) is 16.9 Å². The summed E-state index contributed by atoms with van der Waals surface area (Å²) in [5, 5.41) is 5.71. The van der Waals surface area contributed by atoms with Crippen LogP contribution in [0, 0.1) is 5.92 Å². The van der Waals surface area contributed by atoms with E-state index in [1.165, 1.54) is 0 Å². The molecule has 2 aromatic rings. The van der Waals surface area contributed by atoms with Gasteiger partial charge in [0.2, 0.25) is 5.91 Å². The molecule has 1 heterocycles. The van der Waals surface area contributed by atoms with Crippen LogP contribution in [0.4, 0.5) is 11.4 Å². The van der Waals surface area contributed by atoms with E-state index in [9.17, 15) is 9.59 Å². The predicted molar refractivity (Wildman–Crippen MR) is 107 cm³/mol. The molecule has 1 aliphatic carbocycles. The average Bonchev–Trinajstić information content (AvgIpc) is 3.02. The van der Waals surface area contributed by atoms with E-state index < -0.39 is 0 Å². The van der Waals surface area contributed by atoms with Crippen LogP contribution in [0.2, 0.25) is 0 Å². The number of benzene rings is 1. The van der Waals surface area contributed by atoms with Gasteiger partial charge in [0.1, 0.15) is 0 Å². The molecule has 0 bridgehead atoms. The van der Waals surface area contributed by atoms with Gasteiger partial charge in [0.05, 0.1) is 0 Å². The van der Waals surface area contributed by atoms with Crippen molar-refractivity contribution in [2.45, 2.75) is 25.3 Å². The van der Waals surface area contributed by atoms with Gasteiger partial charge in [0, 0.05) is 41.3 Å².